The number of thioether (sulfide) groups is 1. The summed E-state index contributed by atoms with van der Waals surface area (Å²) in [5.41, 5.74) is 0. The number of rotatable bonds is 10. The van der Waals surface area contributed by atoms with Crippen LogP contribution in [0.15, 0.2) is 4.99 Å². The van der Waals surface area contributed by atoms with Crippen LogP contribution in [0.25, 0.3) is 0 Å². The Kier molecular flexibility index (Phi) is 18.6. The third-order valence-corrected chi connectivity index (χ3v) is 3.60. The van der Waals surface area contributed by atoms with E-state index in [1.165, 1.54) is 18.6 Å². The average Bonchev–Trinajstić information content (AvgIpc) is 2.41. The fourth-order valence-electron chi connectivity index (χ4n) is 1.67. The van der Waals surface area contributed by atoms with Crippen LogP contribution in [-0.4, -0.2) is 62.6 Å². The summed E-state index contributed by atoms with van der Waals surface area (Å²) < 4.78 is 0. The van der Waals surface area contributed by atoms with Crippen molar-refractivity contribution in [2.45, 2.75) is 26.7 Å². The molecule has 4 nitrogen and oxygen atoms in total. The van der Waals surface area contributed by atoms with Gasteiger partial charge in [-0.3, -0.25) is 4.99 Å². The number of nitrogens with zero attached hydrogens (tertiary/aromatic N) is 2. The Bertz CT molecular complexity index is 211. The summed E-state index contributed by atoms with van der Waals surface area (Å²) in [6, 6.07) is 0. The molecule has 0 rings (SSSR count). The normalized spacial score (nSPS) is 11.3. The van der Waals surface area contributed by atoms with Gasteiger partial charge in [-0.1, -0.05) is 13.8 Å². The van der Waals surface area contributed by atoms with Crippen LogP contribution < -0.4 is 10.6 Å². The maximum atomic E-state index is 4.23. The van der Waals surface area contributed by atoms with Gasteiger partial charge in [0.25, 0.3) is 0 Å². The average molecular weight is 402 g/mol. The molecule has 0 atom stereocenters. The molecule has 0 fully saturated rings. The van der Waals surface area contributed by atoms with Crippen LogP contribution in [-0.2, 0) is 0 Å². The lowest BCUT2D eigenvalue weighted by atomic mass is 10.3. The van der Waals surface area contributed by atoms with Crippen molar-refractivity contribution in [3.8, 4) is 0 Å². The lowest BCUT2D eigenvalue weighted by Gasteiger charge is -2.19. The van der Waals surface area contributed by atoms with Gasteiger partial charge in [0.15, 0.2) is 5.96 Å². The first kappa shape index (κ1) is 21.6. The molecule has 2 N–H and O–H groups in total. The van der Waals surface area contributed by atoms with Crippen LogP contribution in [0.3, 0.4) is 0 Å². The zero-order valence-corrected chi connectivity index (χ0v) is 16.0. The Hall–Kier alpha value is 0.310. The van der Waals surface area contributed by atoms with E-state index in [9.17, 15) is 0 Å². The molecule has 0 aromatic rings. The van der Waals surface area contributed by atoms with Crippen LogP contribution in [0.2, 0.25) is 0 Å². The molecule has 0 saturated heterocycles. The second-order valence-electron chi connectivity index (χ2n) is 4.15. The van der Waals surface area contributed by atoms with Crippen LogP contribution >= 0.6 is 35.7 Å². The van der Waals surface area contributed by atoms with Gasteiger partial charge in [-0.25, -0.2) is 0 Å². The number of unbranched alkanes of at least 4 members (excludes halogenated alkanes) is 1. The maximum Gasteiger partial charge on any atom is 0.191 e. The molecule has 0 aliphatic rings. The number of halogens is 1. The largest absolute Gasteiger partial charge is 0.356 e. The SMILES string of the molecule is CCN(CC)CCNC(=NC)NCCCCSC.I. The van der Waals surface area contributed by atoms with Crippen LogP contribution in [0.1, 0.15) is 26.7 Å². The molecule has 6 heteroatoms. The number of hydrogen-bond donors (Lipinski definition) is 2. The second kappa shape index (κ2) is 16.4. The summed E-state index contributed by atoms with van der Waals surface area (Å²) in [7, 11) is 1.83. The minimum absolute atomic E-state index is 0. The van der Waals surface area contributed by atoms with Crippen LogP contribution in [0, 0.1) is 0 Å². The van der Waals surface area contributed by atoms with Gasteiger partial charge in [-0.15, -0.1) is 24.0 Å². The number of likely N-dealkylation sites (N-methyl/N-ethyl adjacent to an activating group) is 1. The van der Waals surface area contributed by atoms with Crippen molar-refractivity contribution < 1.29 is 0 Å². The summed E-state index contributed by atoms with van der Waals surface area (Å²) in [6.45, 7) is 9.64. The highest BCUT2D eigenvalue weighted by Gasteiger charge is 2.00. The molecule has 0 heterocycles. The number of hydrogen-bond acceptors (Lipinski definition) is 3. The third-order valence-electron chi connectivity index (χ3n) is 2.91. The van der Waals surface area contributed by atoms with Crippen molar-refractivity contribution in [3.05, 3.63) is 0 Å². The molecule has 116 valence electrons. The standard InChI is InChI=1S/C13H30N4S.HI/c1-5-17(6-2)11-10-16-13(14-3)15-9-7-8-12-18-4;/h5-12H2,1-4H3,(H2,14,15,16);1H. The molecule has 0 saturated carbocycles. The highest BCUT2D eigenvalue weighted by molar-refractivity contribution is 14.0. The zero-order valence-electron chi connectivity index (χ0n) is 12.9. The molecule has 19 heavy (non-hydrogen) atoms. The van der Waals surface area contributed by atoms with Crippen LogP contribution in [0.4, 0.5) is 0 Å². The predicted molar refractivity (Wildman–Crippen MR) is 100 cm³/mol. The van der Waals surface area contributed by atoms with E-state index in [1.54, 1.807) is 0 Å². The van der Waals surface area contributed by atoms with Crippen LogP contribution in [0.5, 0.6) is 0 Å². The summed E-state index contributed by atoms with van der Waals surface area (Å²) in [5, 5.41) is 6.70. The lowest BCUT2D eigenvalue weighted by molar-refractivity contribution is 0.308. The molecule has 0 aromatic carbocycles. The molecule has 0 aliphatic carbocycles. The Labute approximate surface area is 140 Å². The van der Waals surface area contributed by atoms with E-state index < -0.39 is 0 Å². The fourth-order valence-corrected chi connectivity index (χ4v) is 2.16. The molecule has 0 bridgehead atoms. The van der Waals surface area contributed by atoms with E-state index in [2.05, 4.69) is 40.6 Å². The van der Waals surface area contributed by atoms with Gasteiger partial charge in [0.05, 0.1) is 0 Å². The Morgan fingerprint density at radius 2 is 1.74 bits per heavy atom. The monoisotopic (exact) mass is 402 g/mol. The molecule has 0 unspecified atom stereocenters. The van der Waals surface area contributed by atoms with Gasteiger partial charge in [0.2, 0.25) is 0 Å². The maximum absolute atomic E-state index is 4.23. The molecular formula is C13H31IN4S. The highest BCUT2D eigenvalue weighted by atomic mass is 127. The fraction of sp³-hybridized carbons (Fsp3) is 0.923. The van der Waals surface area contributed by atoms with Gasteiger partial charge < -0.3 is 15.5 Å². The Morgan fingerprint density at radius 1 is 1.11 bits per heavy atom. The van der Waals surface area contributed by atoms with Crippen molar-refractivity contribution in [1.82, 2.24) is 15.5 Å². The van der Waals surface area contributed by atoms with E-state index in [-0.39, 0.29) is 24.0 Å². The van der Waals surface area contributed by atoms with E-state index >= 15 is 0 Å². The van der Waals surface area contributed by atoms with Gasteiger partial charge in [0, 0.05) is 26.7 Å². The van der Waals surface area contributed by atoms with Gasteiger partial charge in [-0.2, -0.15) is 11.8 Å². The summed E-state index contributed by atoms with van der Waals surface area (Å²) in [4.78, 5) is 6.63. The highest BCUT2D eigenvalue weighted by Crippen LogP contribution is 1.97. The summed E-state index contributed by atoms with van der Waals surface area (Å²) in [5.74, 6) is 2.17. The van der Waals surface area contributed by atoms with Gasteiger partial charge in [-0.05, 0) is 37.9 Å². The number of guanidine groups is 1. The first-order chi connectivity index (χ1) is 8.78. The molecular weight excluding hydrogens is 371 g/mol. The minimum atomic E-state index is 0. The smallest absolute Gasteiger partial charge is 0.191 e. The van der Waals surface area contributed by atoms with Crippen molar-refractivity contribution in [2.75, 3.05) is 51.8 Å². The molecule has 0 amide bonds. The number of nitrogens with one attached hydrogen (secondary N) is 2. The zero-order chi connectivity index (χ0) is 13.6. The van der Waals surface area contributed by atoms with Gasteiger partial charge in [0.1, 0.15) is 0 Å². The van der Waals surface area contributed by atoms with E-state index in [0.29, 0.717) is 0 Å². The topological polar surface area (TPSA) is 39.7 Å². The lowest BCUT2D eigenvalue weighted by Crippen LogP contribution is -2.41. The number of aliphatic imine (C=N–C) groups is 1. The molecule has 0 aliphatic heterocycles. The van der Waals surface area contributed by atoms with E-state index in [0.717, 1.165) is 38.7 Å². The molecule has 0 aromatic heterocycles. The van der Waals surface area contributed by atoms with E-state index in [4.69, 9.17) is 0 Å². The predicted octanol–water partition coefficient (Wildman–Crippen LogP) is 2.25. The Balaban J connectivity index is 0. The van der Waals surface area contributed by atoms with Crippen molar-refractivity contribution in [3.63, 3.8) is 0 Å². The first-order valence-electron chi connectivity index (χ1n) is 6.94. The van der Waals surface area contributed by atoms with Crippen molar-refractivity contribution in [1.29, 1.82) is 0 Å². The first-order valence-corrected chi connectivity index (χ1v) is 8.33. The summed E-state index contributed by atoms with van der Waals surface area (Å²) >= 11 is 1.91. The molecule has 0 spiro atoms. The van der Waals surface area contributed by atoms with Crippen molar-refractivity contribution in [2.24, 2.45) is 4.99 Å². The quantitative estimate of drug-likeness (QED) is 0.255. The van der Waals surface area contributed by atoms with Gasteiger partial charge >= 0.3 is 0 Å². The van der Waals surface area contributed by atoms with Crippen molar-refractivity contribution >= 4 is 41.7 Å². The minimum Gasteiger partial charge on any atom is -0.356 e. The second-order valence-corrected chi connectivity index (χ2v) is 5.14. The van der Waals surface area contributed by atoms with E-state index in [1.807, 2.05) is 18.8 Å². The summed E-state index contributed by atoms with van der Waals surface area (Å²) in [6.07, 6.45) is 4.63. The molecule has 0 radical (unpaired) electrons. The Morgan fingerprint density at radius 3 is 2.26 bits per heavy atom. The third kappa shape index (κ3) is 13.1.